The highest BCUT2D eigenvalue weighted by Crippen LogP contribution is 2.36. The summed E-state index contributed by atoms with van der Waals surface area (Å²) in [6, 6.07) is 0.353. The third-order valence-corrected chi connectivity index (χ3v) is 2.58. The first kappa shape index (κ1) is 9.80. The largest absolute Gasteiger partial charge is 0.362 e. The topological polar surface area (TPSA) is 41.0 Å². The first-order chi connectivity index (χ1) is 6.59. The monoisotopic (exact) mass is 232 g/mol. The van der Waals surface area contributed by atoms with Gasteiger partial charge < -0.3 is 10.2 Å². The van der Waals surface area contributed by atoms with Crippen molar-refractivity contribution in [1.82, 2.24) is 9.97 Å². The number of hydrogen-bond donors (Lipinski definition) is 1. The molecule has 0 atom stereocenters. The molecule has 1 N–H and O–H groups in total. The van der Waals surface area contributed by atoms with Crippen LogP contribution < -0.4 is 10.2 Å². The van der Waals surface area contributed by atoms with Gasteiger partial charge in [-0.05, 0) is 25.4 Å². The minimum absolute atomic E-state index is 0.183. The summed E-state index contributed by atoms with van der Waals surface area (Å²) < 4.78 is 0. The second-order valence-corrected chi connectivity index (χ2v) is 4.08. The lowest BCUT2D eigenvalue weighted by Crippen LogP contribution is -2.30. The number of fused-ring (bicyclic) bond motifs is 1. The maximum atomic E-state index is 5.92. The van der Waals surface area contributed by atoms with E-state index in [1.165, 1.54) is 0 Å². The Morgan fingerprint density at radius 3 is 2.71 bits per heavy atom. The summed E-state index contributed by atoms with van der Waals surface area (Å²) in [5.41, 5.74) is 0.768. The molecule has 4 nitrogen and oxygen atoms in total. The van der Waals surface area contributed by atoms with Crippen molar-refractivity contribution in [3.63, 3.8) is 0 Å². The zero-order valence-electron chi connectivity index (χ0n) is 7.88. The van der Waals surface area contributed by atoms with E-state index in [-0.39, 0.29) is 5.28 Å². The van der Waals surface area contributed by atoms with E-state index in [0.717, 1.165) is 11.5 Å². The van der Waals surface area contributed by atoms with Crippen molar-refractivity contribution in [1.29, 1.82) is 0 Å². The van der Waals surface area contributed by atoms with Gasteiger partial charge in [0.2, 0.25) is 5.28 Å². The highest BCUT2D eigenvalue weighted by Gasteiger charge is 2.25. The predicted molar refractivity (Wildman–Crippen MR) is 58.2 cm³/mol. The minimum Gasteiger partial charge on any atom is -0.362 e. The van der Waals surface area contributed by atoms with Gasteiger partial charge in [0.25, 0.3) is 0 Å². The lowest BCUT2D eigenvalue weighted by molar-refractivity contribution is 0.718. The summed E-state index contributed by atoms with van der Waals surface area (Å²) in [5.74, 6) is 0.782. The van der Waals surface area contributed by atoms with Crippen LogP contribution in [0.25, 0.3) is 0 Å². The van der Waals surface area contributed by atoms with E-state index < -0.39 is 0 Å². The molecule has 1 aromatic heterocycles. The fourth-order valence-electron chi connectivity index (χ4n) is 1.42. The highest BCUT2D eigenvalue weighted by atomic mass is 35.5. The van der Waals surface area contributed by atoms with Crippen molar-refractivity contribution in [2.24, 2.45) is 0 Å². The van der Waals surface area contributed by atoms with E-state index in [0.29, 0.717) is 17.9 Å². The van der Waals surface area contributed by atoms with Crippen LogP contribution in [0.4, 0.5) is 11.5 Å². The molecule has 2 heterocycles. The van der Waals surface area contributed by atoms with Crippen molar-refractivity contribution in [2.75, 3.05) is 16.9 Å². The molecule has 0 aliphatic carbocycles. The molecule has 0 aromatic carbocycles. The van der Waals surface area contributed by atoms with Crippen LogP contribution in [0, 0.1) is 0 Å². The van der Waals surface area contributed by atoms with Crippen LogP contribution in [-0.4, -0.2) is 22.7 Å². The molecule has 0 spiro atoms. The summed E-state index contributed by atoms with van der Waals surface area (Å²) in [7, 11) is 0. The average Bonchev–Trinajstić information content (AvgIpc) is 2.47. The predicted octanol–water partition coefficient (Wildman–Crippen LogP) is 2.38. The van der Waals surface area contributed by atoms with Gasteiger partial charge in [-0.25, -0.2) is 4.98 Å². The van der Waals surface area contributed by atoms with E-state index in [4.69, 9.17) is 23.2 Å². The van der Waals surface area contributed by atoms with Gasteiger partial charge in [-0.3, -0.25) is 0 Å². The van der Waals surface area contributed by atoms with Gasteiger partial charge in [-0.2, -0.15) is 4.98 Å². The van der Waals surface area contributed by atoms with Crippen molar-refractivity contribution in [3.05, 3.63) is 10.4 Å². The summed E-state index contributed by atoms with van der Waals surface area (Å²) in [4.78, 5) is 10.1. The Bertz CT molecular complexity index is 367. The Labute approximate surface area is 92.2 Å². The molecule has 0 unspecified atom stereocenters. The van der Waals surface area contributed by atoms with E-state index in [1.807, 2.05) is 0 Å². The molecule has 0 bridgehead atoms. The van der Waals surface area contributed by atoms with Crippen LogP contribution in [-0.2, 0) is 0 Å². The van der Waals surface area contributed by atoms with E-state index in [9.17, 15) is 0 Å². The van der Waals surface area contributed by atoms with Crippen LogP contribution in [0.2, 0.25) is 10.4 Å². The van der Waals surface area contributed by atoms with Crippen LogP contribution in [0.5, 0.6) is 0 Å². The zero-order valence-corrected chi connectivity index (χ0v) is 9.39. The molecule has 2 rings (SSSR count). The summed E-state index contributed by atoms with van der Waals surface area (Å²) in [5, 5.41) is 3.70. The number of aromatic nitrogens is 2. The maximum Gasteiger partial charge on any atom is 0.225 e. The van der Waals surface area contributed by atoms with Crippen molar-refractivity contribution in [2.45, 2.75) is 19.9 Å². The third-order valence-electron chi connectivity index (χ3n) is 2.14. The molecule has 0 saturated carbocycles. The van der Waals surface area contributed by atoms with Gasteiger partial charge in [-0.1, -0.05) is 11.6 Å². The number of nitrogens with zero attached hydrogens (tertiary/aromatic N) is 3. The molecule has 0 saturated heterocycles. The van der Waals surface area contributed by atoms with Gasteiger partial charge in [0.1, 0.15) is 5.69 Å². The summed E-state index contributed by atoms with van der Waals surface area (Å²) >= 11 is 11.7. The van der Waals surface area contributed by atoms with E-state index >= 15 is 0 Å². The number of nitrogens with one attached hydrogen (secondary N) is 1. The number of hydrogen-bond acceptors (Lipinski definition) is 4. The van der Waals surface area contributed by atoms with Crippen LogP contribution in [0.3, 0.4) is 0 Å². The Balaban J connectivity index is 2.49. The highest BCUT2D eigenvalue weighted by molar-refractivity contribution is 6.34. The fraction of sp³-hybridized carbons (Fsp3) is 0.500. The molecule has 1 aromatic rings. The fourth-order valence-corrected chi connectivity index (χ4v) is 1.86. The van der Waals surface area contributed by atoms with Crippen LogP contribution in [0.15, 0.2) is 0 Å². The molecular formula is C8H10Cl2N4. The molecule has 14 heavy (non-hydrogen) atoms. The first-order valence-corrected chi connectivity index (χ1v) is 5.08. The zero-order chi connectivity index (χ0) is 10.3. The maximum absolute atomic E-state index is 5.92. The Morgan fingerprint density at radius 2 is 2.07 bits per heavy atom. The number of anilines is 2. The SMILES string of the molecule is CC(C)N1CNc2c(Cl)nc(Cl)nc21. The number of halogens is 2. The molecule has 0 radical (unpaired) electrons. The molecule has 0 amide bonds. The average molecular weight is 233 g/mol. The quantitative estimate of drug-likeness (QED) is 0.597. The summed E-state index contributed by atoms with van der Waals surface area (Å²) in [6.07, 6.45) is 0. The smallest absolute Gasteiger partial charge is 0.225 e. The molecule has 1 aliphatic rings. The first-order valence-electron chi connectivity index (χ1n) is 4.33. The Morgan fingerprint density at radius 1 is 1.36 bits per heavy atom. The van der Waals surface area contributed by atoms with Crippen molar-refractivity contribution < 1.29 is 0 Å². The minimum atomic E-state index is 0.183. The second kappa shape index (κ2) is 3.44. The van der Waals surface area contributed by atoms with Crippen molar-refractivity contribution in [3.8, 4) is 0 Å². The van der Waals surface area contributed by atoms with Gasteiger partial charge in [-0.15, -0.1) is 0 Å². The lowest BCUT2D eigenvalue weighted by atomic mass is 10.3. The number of rotatable bonds is 1. The van der Waals surface area contributed by atoms with E-state index in [2.05, 4.69) is 34.0 Å². The second-order valence-electron chi connectivity index (χ2n) is 3.38. The molecule has 0 fully saturated rings. The van der Waals surface area contributed by atoms with Gasteiger partial charge in [0.15, 0.2) is 11.0 Å². The van der Waals surface area contributed by atoms with Crippen LogP contribution in [0.1, 0.15) is 13.8 Å². The molecule has 1 aliphatic heterocycles. The van der Waals surface area contributed by atoms with Gasteiger partial charge in [0, 0.05) is 6.04 Å². The van der Waals surface area contributed by atoms with Crippen molar-refractivity contribution >= 4 is 34.7 Å². The van der Waals surface area contributed by atoms with Gasteiger partial charge in [0.05, 0.1) is 6.67 Å². The standard InChI is InChI=1S/C8H10Cl2N4/c1-4(2)14-3-11-5-6(9)12-8(10)13-7(5)14/h4,11H,3H2,1-2H3. The molecule has 76 valence electrons. The molecule has 6 heteroatoms. The Hall–Kier alpha value is -0.740. The molecular weight excluding hydrogens is 223 g/mol. The van der Waals surface area contributed by atoms with Crippen LogP contribution >= 0.6 is 23.2 Å². The van der Waals surface area contributed by atoms with Gasteiger partial charge >= 0.3 is 0 Å². The van der Waals surface area contributed by atoms with E-state index in [1.54, 1.807) is 0 Å². The Kier molecular flexibility index (Phi) is 2.41. The lowest BCUT2D eigenvalue weighted by Gasteiger charge is -2.21. The summed E-state index contributed by atoms with van der Waals surface area (Å²) in [6.45, 7) is 4.86. The third kappa shape index (κ3) is 1.48. The normalized spacial score (nSPS) is 14.5.